The molecule has 0 saturated heterocycles. The minimum Gasteiger partial charge on any atom is -0.349 e. The van der Waals surface area contributed by atoms with Crippen LogP contribution in [-0.4, -0.2) is 4.57 Å². The summed E-state index contributed by atoms with van der Waals surface area (Å²) >= 11 is 0. The molecule has 1 atom stereocenters. The van der Waals surface area contributed by atoms with E-state index in [1.54, 1.807) is 0 Å². The summed E-state index contributed by atoms with van der Waals surface area (Å²) in [5.74, 6) is 0. The molecule has 0 fully saturated rings. The lowest BCUT2D eigenvalue weighted by Gasteiger charge is -2.38. The van der Waals surface area contributed by atoms with Gasteiger partial charge in [0.25, 0.3) is 0 Å². The van der Waals surface area contributed by atoms with E-state index in [1.165, 1.54) is 60.9 Å². The van der Waals surface area contributed by atoms with Crippen LogP contribution in [0.3, 0.4) is 0 Å². The summed E-state index contributed by atoms with van der Waals surface area (Å²) in [5, 5.41) is 6.11. The Hall–Kier alpha value is -5.26. The van der Waals surface area contributed by atoms with Crippen molar-refractivity contribution in [2.45, 2.75) is 5.41 Å². The van der Waals surface area contributed by atoms with Gasteiger partial charge in [-0.25, -0.2) is 0 Å². The molecule has 2 heteroatoms. The van der Waals surface area contributed by atoms with Crippen molar-refractivity contribution < 1.29 is 0 Å². The number of aromatic nitrogens is 1. The third kappa shape index (κ3) is 2.52. The van der Waals surface area contributed by atoms with Crippen LogP contribution in [0.2, 0.25) is 0 Å². The van der Waals surface area contributed by atoms with Crippen molar-refractivity contribution in [3.63, 3.8) is 0 Å². The van der Waals surface area contributed by atoms with Gasteiger partial charge in [-0.2, -0.15) is 0 Å². The van der Waals surface area contributed by atoms with E-state index in [4.69, 9.17) is 0 Å². The van der Waals surface area contributed by atoms with E-state index in [2.05, 4.69) is 131 Å². The van der Waals surface area contributed by atoms with Crippen LogP contribution in [0.15, 0.2) is 127 Å². The van der Waals surface area contributed by atoms with E-state index in [-0.39, 0.29) is 0 Å². The Morgan fingerprint density at radius 1 is 0.564 bits per heavy atom. The van der Waals surface area contributed by atoms with E-state index >= 15 is 0 Å². The number of para-hydroxylation sites is 4. The van der Waals surface area contributed by atoms with Crippen molar-refractivity contribution >= 4 is 33.2 Å². The second-order valence-corrected chi connectivity index (χ2v) is 10.5. The summed E-state index contributed by atoms with van der Waals surface area (Å²) in [6.45, 7) is 0. The van der Waals surface area contributed by atoms with Crippen LogP contribution in [0.25, 0.3) is 38.6 Å². The Morgan fingerprint density at radius 3 is 2.21 bits per heavy atom. The first-order valence-corrected chi connectivity index (χ1v) is 13.4. The van der Waals surface area contributed by atoms with Crippen LogP contribution >= 0.6 is 0 Å². The molecule has 7 aromatic rings. The van der Waals surface area contributed by atoms with Gasteiger partial charge in [0, 0.05) is 22.0 Å². The molecule has 180 valence electrons. The number of hydrogen-bond acceptors (Lipinski definition) is 1. The Bertz CT molecular complexity index is 2100. The highest BCUT2D eigenvalue weighted by molar-refractivity contribution is 6.12. The number of nitrogens with one attached hydrogen (secondary N) is 1. The normalized spacial score (nSPS) is 16.1. The Kier molecular flexibility index (Phi) is 3.94. The molecule has 2 nitrogen and oxygen atoms in total. The van der Waals surface area contributed by atoms with Gasteiger partial charge < -0.3 is 9.88 Å². The van der Waals surface area contributed by atoms with Crippen molar-refractivity contribution in [3.05, 3.63) is 162 Å². The van der Waals surface area contributed by atoms with Gasteiger partial charge in [0.2, 0.25) is 0 Å². The first kappa shape index (κ1) is 20.8. The van der Waals surface area contributed by atoms with Gasteiger partial charge in [-0.15, -0.1) is 0 Å². The topological polar surface area (TPSA) is 17.0 Å². The van der Waals surface area contributed by atoms with E-state index < -0.39 is 5.41 Å². The fraction of sp³-hybridized carbons (Fsp3) is 0.0270. The molecule has 0 saturated carbocycles. The number of anilines is 2. The van der Waals surface area contributed by atoms with Crippen LogP contribution in [0, 0.1) is 12.1 Å². The minimum absolute atomic E-state index is 0.478. The second kappa shape index (κ2) is 7.40. The number of hydrogen-bond donors (Lipinski definition) is 1. The van der Waals surface area contributed by atoms with Gasteiger partial charge in [-0.3, -0.25) is 0 Å². The van der Waals surface area contributed by atoms with Crippen molar-refractivity contribution in [3.8, 4) is 16.8 Å². The summed E-state index contributed by atoms with van der Waals surface area (Å²) in [5.41, 5.74) is 12.7. The number of nitrogens with zero attached hydrogens (tertiary/aromatic N) is 1. The molecule has 1 aliphatic heterocycles. The number of benzene rings is 5. The second-order valence-electron chi connectivity index (χ2n) is 10.5. The smallest absolute Gasteiger partial charge is 0.0907 e. The average Bonchev–Trinajstić information content (AvgIpc) is 3.48. The zero-order valence-corrected chi connectivity index (χ0v) is 21.1. The monoisotopic (exact) mass is 494 g/mol. The molecule has 0 bridgehead atoms. The molecule has 0 radical (unpaired) electrons. The molecular weight excluding hydrogens is 472 g/mol. The lowest BCUT2D eigenvalue weighted by Crippen LogP contribution is -2.33. The van der Waals surface area contributed by atoms with Crippen molar-refractivity contribution in [1.82, 2.24) is 4.57 Å². The molecular formula is C37H22N2. The Balaban J connectivity index is 1.42. The van der Waals surface area contributed by atoms with Crippen LogP contribution < -0.4 is 5.32 Å². The summed E-state index contributed by atoms with van der Waals surface area (Å²) < 4.78 is 2.47. The molecule has 6 aromatic carbocycles. The van der Waals surface area contributed by atoms with Gasteiger partial charge >= 0.3 is 0 Å². The summed E-state index contributed by atoms with van der Waals surface area (Å²) in [6, 6.07) is 53.1. The summed E-state index contributed by atoms with van der Waals surface area (Å²) in [7, 11) is 0. The average molecular weight is 495 g/mol. The van der Waals surface area contributed by atoms with Crippen LogP contribution in [0.4, 0.5) is 11.4 Å². The predicted molar refractivity (Wildman–Crippen MR) is 159 cm³/mol. The highest BCUT2D eigenvalue weighted by Crippen LogP contribution is 2.60. The van der Waals surface area contributed by atoms with Crippen molar-refractivity contribution in [1.29, 1.82) is 0 Å². The minimum atomic E-state index is -0.478. The van der Waals surface area contributed by atoms with E-state index in [9.17, 15) is 0 Å². The van der Waals surface area contributed by atoms with Crippen molar-refractivity contribution in [2.24, 2.45) is 0 Å². The van der Waals surface area contributed by atoms with Crippen molar-refractivity contribution in [2.75, 3.05) is 5.32 Å². The molecule has 1 aromatic heterocycles. The first-order chi connectivity index (χ1) is 19.4. The Morgan fingerprint density at radius 2 is 1.28 bits per heavy atom. The van der Waals surface area contributed by atoms with E-state index in [0.717, 1.165) is 11.4 Å². The lowest BCUT2D eigenvalue weighted by atomic mass is 9.65. The molecule has 0 amide bonds. The fourth-order valence-corrected chi connectivity index (χ4v) is 7.14. The number of rotatable bonds is 2. The Labute approximate surface area is 226 Å². The van der Waals surface area contributed by atoms with Gasteiger partial charge in [0.05, 0.1) is 27.8 Å². The molecule has 2 aliphatic rings. The molecule has 39 heavy (non-hydrogen) atoms. The lowest BCUT2D eigenvalue weighted by molar-refractivity contribution is 0.749. The van der Waals surface area contributed by atoms with Gasteiger partial charge in [0.1, 0.15) is 0 Å². The van der Waals surface area contributed by atoms with Crippen LogP contribution in [0.1, 0.15) is 22.3 Å². The summed E-state index contributed by atoms with van der Waals surface area (Å²) in [6.07, 6.45) is 0. The molecule has 1 spiro atoms. The largest absolute Gasteiger partial charge is 0.349 e. The SMILES string of the molecule is c1c(Nc2ccccc2)cc2c(c#1)C1(c3ccccc3-2)c2ccccc2-n2c3ccccc3c3cccc1c32. The molecule has 2 heterocycles. The van der Waals surface area contributed by atoms with E-state index in [1.807, 2.05) is 18.2 Å². The highest BCUT2D eigenvalue weighted by Gasteiger charge is 2.51. The quantitative estimate of drug-likeness (QED) is 0.254. The summed E-state index contributed by atoms with van der Waals surface area (Å²) in [4.78, 5) is 0. The standard InChI is InChI=1S/C37H22N2/c1-2-11-24(12-3-1)38-25-21-22-31-29(23-25)26-13-4-6-16-30(26)37(31)32-17-7-9-20-35(32)39-34-19-8-5-14-27(34)28-15-10-18-33(37)36(28)39/h1-20,23,38H. The molecule has 1 unspecified atom stereocenters. The highest BCUT2D eigenvalue weighted by atomic mass is 15.0. The van der Waals surface area contributed by atoms with Gasteiger partial charge in [-0.1, -0.05) is 103 Å². The number of fused-ring (bicyclic) bond motifs is 12. The molecule has 1 aliphatic carbocycles. The third-order valence-electron chi connectivity index (χ3n) is 8.58. The first-order valence-electron chi connectivity index (χ1n) is 13.4. The molecule has 9 rings (SSSR count). The predicted octanol–water partition coefficient (Wildman–Crippen LogP) is 8.80. The third-order valence-corrected chi connectivity index (χ3v) is 8.58. The van der Waals surface area contributed by atoms with Gasteiger partial charge in [-0.05, 0) is 64.2 Å². The maximum absolute atomic E-state index is 3.70. The maximum Gasteiger partial charge on any atom is 0.0907 e. The maximum atomic E-state index is 3.70. The van der Waals surface area contributed by atoms with Crippen LogP contribution in [-0.2, 0) is 5.41 Å². The zero-order chi connectivity index (χ0) is 25.6. The fourth-order valence-electron chi connectivity index (χ4n) is 7.14. The van der Waals surface area contributed by atoms with Gasteiger partial charge in [0.15, 0.2) is 0 Å². The molecule has 1 N–H and O–H groups in total. The van der Waals surface area contributed by atoms with E-state index in [0.29, 0.717) is 0 Å². The van der Waals surface area contributed by atoms with Crippen LogP contribution in [0.5, 0.6) is 0 Å². The zero-order valence-electron chi connectivity index (χ0n) is 21.1.